The van der Waals surface area contributed by atoms with Crippen molar-refractivity contribution < 1.29 is 5.11 Å². The number of phenolic OH excluding ortho intramolecular Hbond substituents is 1. The van der Waals surface area contributed by atoms with Crippen LogP contribution < -0.4 is 0 Å². The smallest absolute Gasteiger partial charge is 0.116 e. The van der Waals surface area contributed by atoms with Gasteiger partial charge in [-0.3, -0.25) is 4.99 Å². The van der Waals surface area contributed by atoms with Gasteiger partial charge >= 0.3 is 0 Å². The standard InChI is InChI=1S/C20H22N2O/c1-5-7-15-13(4)20-19(12(3)17(15)11-21-6-2)16-10-14(23)8-9-18(16)22-20/h5,7-11,22-23H,6H2,1-4H3/b7-5-,21-11+. The number of fused-ring (bicyclic) bond motifs is 3. The fourth-order valence-corrected chi connectivity index (χ4v) is 3.25. The first kappa shape index (κ1) is 15.3. The normalized spacial score (nSPS) is 12.3. The van der Waals surface area contributed by atoms with E-state index in [0.717, 1.165) is 28.5 Å². The number of nitrogens with one attached hydrogen (secondary N) is 1. The molecule has 1 heterocycles. The quantitative estimate of drug-likeness (QED) is 0.649. The molecule has 3 aromatic rings. The van der Waals surface area contributed by atoms with Crippen LogP contribution in [0.2, 0.25) is 0 Å². The van der Waals surface area contributed by atoms with Gasteiger partial charge < -0.3 is 10.1 Å². The summed E-state index contributed by atoms with van der Waals surface area (Å²) in [6.45, 7) is 9.10. The number of aromatic amines is 1. The molecule has 0 saturated carbocycles. The van der Waals surface area contributed by atoms with Crippen LogP contribution in [-0.4, -0.2) is 22.8 Å². The molecule has 0 aliphatic rings. The van der Waals surface area contributed by atoms with Crippen LogP contribution in [0, 0.1) is 13.8 Å². The Bertz CT molecular complexity index is 946. The van der Waals surface area contributed by atoms with Gasteiger partial charge in [-0.2, -0.15) is 0 Å². The number of aryl methyl sites for hydroxylation is 2. The Kier molecular flexibility index (Phi) is 3.95. The number of allylic oxidation sites excluding steroid dienone is 1. The number of aromatic hydroxyl groups is 1. The minimum Gasteiger partial charge on any atom is -0.508 e. The van der Waals surface area contributed by atoms with Crippen LogP contribution in [0.15, 0.2) is 29.3 Å². The number of phenols is 1. The molecule has 3 rings (SSSR count). The van der Waals surface area contributed by atoms with Crippen LogP contribution in [-0.2, 0) is 0 Å². The SMILES string of the molecule is C/C=C\c1c(/C=N/CC)c(C)c2c([nH]c3ccc(O)cc32)c1C. The minimum atomic E-state index is 0.289. The van der Waals surface area contributed by atoms with Crippen LogP contribution in [0.4, 0.5) is 0 Å². The summed E-state index contributed by atoms with van der Waals surface area (Å²) in [5.41, 5.74) is 6.92. The average Bonchev–Trinajstić information content (AvgIpc) is 2.91. The summed E-state index contributed by atoms with van der Waals surface area (Å²) in [6, 6.07) is 5.48. The predicted molar refractivity (Wildman–Crippen MR) is 99.8 cm³/mol. The second-order valence-corrected chi connectivity index (χ2v) is 5.81. The summed E-state index contributed by atoms with van der Waals surface area (Å²) in [7, 11) is 0. The summed E-state index contributed by atoms with van der Waals surface area (Å²) in [5.74, 6) is 0.289. The zero-order chi connectivity index (χ0) is 16.6. The summed E-state index contributed by atoms with van der Waals surface area (Å²) in [6.07, 6.45) is 6.17. The third kappa shape index (κ3) is 2.42. The Labute approximate surface area is 136 Å². The third-order valence-electron chi connectivity index (χ3n) is 4.37. The molecule has 0 fully saturated rings. The summed E-state index contributed by atoms with van der Waals surface area (Å²) in [5, 5.41) is 12.1. The number of hydrogen-bond acceptors (Lipinski definition) is 2. The largest absolute Gasteiger partial charge is 0.508 e. The van der Waals surface area contributed by atoms with E-state index in [0.29, 0.717) is 0 Å². The summed E-state index contributed by atoms with van der Waals surface area (Å²) >= 11 is 0. The van der Waals surface area contributed by atoms with Crippen molar-refractivity contribution in [2.75, 3.05) is 6.54 Å². The molecule has 2 N–H and O–H groups in total. The Morgan fingerprint density at radius 2 is 1.96 bits per heavy atom. The van der Waals surface area contributed by atoms with E-state index in [1.165, 1.54) is 22.1 Å². The number of aromatic nitrogens is 1. The first-order valence-electron chi connectivity index (χ1n) is 7.98. The maximum absolute atomic E-state index is 9.87. The van der Waals surface area contributed by atoms with Crippen molar-refractivity contribution in [3.05, 3.63) is 46.5 Å². The van der Waals surface area contributed by atoms with Crippen molar-refractivity contribution in [1.82, 2.24) is 4.98 Å². The zero-order valence-electron chi connectivity index (χ0n) is 14.1. The van der Waals surface area contributed by atoms with Gasteiger partial charge in [0.25, 0.3) is 0 Å². The second kappa shape index (κ2) is 5.92. The molecule has 0 radical (unpaired) electrons. The lowest BCUT2D eigenvalue weighted by atomic mass is 9.92. The summed E-state index contributed by atoms with van der Waals surface area (Å²) in [4.78, 5) is 7.96. The van der Waals surface area contributed by atoms with Gasteiger partial charge in [0.2, 0.25) is 0 Å². The van der Waals surface area contributed by atoms with E-state index in [1.807, 2.05) is 32.2 Å². The molecule has 1 aromatic heterocycles. The first-order chi connectivity index (χ1) is 11.1. The van der Waals surface area contributed by atoms with Crippen LogP contribution in [0.25, 0.3) is 27.9 Å². The van der Waals surface area contributed by atoms with Crippen LogP contribution in [0.5, 0.6) is 5.75 Å². The van der Waals surface area contributed by atoms with E-state index in [1.54, 1.807) is 6.07 Å². The van der Waals surface area contributed by atoms with Gasteiger partial charge in [-0.25, -0.2) is 0 Å². The van der Waals surface area contributed by atoms with Crippen molar-refractivity contribution in [2.24, 2.45) is 4.99 Å². The van der Waals surface area contributed by atoms with E-state index < -0.39 is 0 Å². The number of hydrogen-bond donors (Lipinski definition) is 2. The average molecular weight is 306 g/mol. The number of H-pyrrole nitrogens is 1. The molecule has 0 unspecified atom stereocenters. The lowest BCUT2D eigenvalue weighted by molar-refractivity contribution is 0.476. The Morgan fingerprint density at radius 1 is 1.17 bits per heavy atom. The molecule has 0 atom stereocenters. The molecule has 2 aromatic carbocycles. The molecular weight excluding hydrogens is 284 g/mol. The van der Waals surface area contributed by atoms with Crippen molar-refractivity contribution in [3.63, 3.8) is 0 Å². The maximum Gasteiger partial charge on any atom is 0.116 e. The highest BCUT2D eigenvalue weighted by Gasteiger charge is 2.16. The second-order valence-electron chi connectivity index (χ2n) is 5.81. The molecule has 0 aliphatic heterocycles. The molecule has 0 saturated heterocycles. The van der Waals surface area contributed by atoms with Crippen molar-refractivity contribution in [2.45, 2.75) is 27.7 Å². The fourth-order valence-electron chi connectivity index (χ4n) is 3.25. The molecule has 0 aliphatic carbocycles. The maximum atomic E-state index is 9.87. The van der Waals surface area contributed by atoms with Gasteiger partial charge in [-0.15, -0.1) is 0 Å². The molecule has 118 valence electrons. The van der Waals surface area contributed by atoms with Crippen LogP contribution in [0.1, 0.15) is 36.1 Å². The number of rotatable bonds is 3. The Morgan fingerprint density at radius 3 is 2.65 bits per heavy atom. The molecular formula is C20H22N2O. The predicted octanol–water partition coefficient (Wildman–Crippen LogP) is 5.12. The highest BCUT2D eigenvalue weighted by atomic mass is 16.3. The molecule has 23 heavy (non-hydrogen) atoms. The van der Waals surface area contributed by atoms with Crippen LogP contribution in [0.3, 0.4) is 0 Å². The minimum absolute atomic E-state index is 0.289. The topological polar surface area (TPSA) is 48.4 Å². The molecule has 3 nitrogen and oxygen atoms in total. The molecule has 0 bridgehead atoms. The Hall–Kier alpha value is -2.55. The van der Waals surface area contributed by atoms with Gasteiger partial charge in [0.05, 0.1) is 5.52 Å². The van der Waals surface area contributed by atoms with Gasteiger partial charge in [-0.05, 0) is 62.6 Å². The lowest BCUT2D eigenvalue weighted by Gasteiger charge is -2.12. The van der Waals surface area contributed by atoms with E-state index in [4.69, 9.17) is 0 Å². The highest BCUT2D eigenvalue weighted by Crippen LogP contribution is 2.36. The van der Waals surface area contributed by atoms with Crippen LogP contribution >= 0.6 is 0 Å². The third-order valence-corrected chi connectivity index (χ3v) is 4.37. The zero-order valence-corrected chi connectivity index (χ0v) is 14.1. The van der Waals surface area contributed by atoms with Gasteiger partial charge in [0, 0.05) is 34.6 Å². The first-order valence-corrected chi connectivity index (χ1v) is 7.98. The fraction of sp³-hybridized carbons (Fsp3) is 0.250. The van der Waals surface area contributed by atoms with Crippen molar-refractivity contribution >= 4 is 34.1 Å². The summed E-state index contributed by atoms with van der Waals surface area (Å²) < 4.78 is 0. The Balaban J connectivity index is 2.51. The van der Waals surface area contributed by atoms with Gasteiger partial charge in [-0.1, -0.05) is 12.2 Å². The van der Waals surface area contributed by atoms with E-state index in [9.17, 15) is 5.11 Å². The number of benzene rings is 2. The van der Waals surface area contributed by atoms with Crippen molar-refractivity contribution in [1.29, 1.82) is 0 Å². The van der Waals surface area contributed by atoms with E-state index >= 15 is 0 Å². The molecule has 0 amide bonds. The highest BCUT2D eigenvalue weighted by molar-refractivity contribution is 6.13. The van der Waals surface area contributed by atoms with Gasteiger partial charge in [0.15, 0.2) is 0 Å². The molecule has 0 spiro atoms. The number of aliphatic imine (C=N–C) groups is 1. The van der Waals surface area contributed by atoms with E-state index in [-0.39, 0.29) is 5.75 Å². The molecule has 3 heteroatoms. The van der Waals surface area contributed by atoms with Gasteiger partial charge in [0.1, 0.15) is 5.75 Å². The number of nitrogens with zero attached hydrogens (tertiary/aromatic N) is 1. The monoisotopic (exact) mass is 306 g/mol. The van der Waals surface area contributed by atoms with Crippen molar-refractivity contribution in [3.8, 4) is 5.75 Å². The van der Waals surface area contributed by atoms with E-state index in [2.05, 4.69) is 36.0 Å². The lowest BCUT2D eigenvalue weighted by Crippen LogP contribution is -1.98.